The van der Waals surface area contributed by atoms with Crippen LogP contribution in [-0.2, 0) is 13.0 Å². The lowest BCUT2D eigenvalue weighted by Gasteiger charge is -2.11. The molecular weight excluding hydrogens is 382 g/mol. The van der Waals surface area contributed by atoms with E-state index < -0.39 is 0 Å². The quantitative estimate of drug-likeness (QED) is 0.494. The average molecular weight is 404 g/mol. The van der Waals surface area contributed by atoms with Crippen LogP contribution in [0.1, 0.15) is 27.4 Å². The first-order chi connectivity index (χ1) is 14.2. The summed E-state index contributed by atoms with van der Waals surface area (Å²) in [7, 11) is 0. The maximum atomic E-state index is 5.50. The maximum Gasteiger partial charge on any atom is 0.231 e. The second kappa shape index (κ2) is 7.37. The van der Waals surface area contributed by atoms with Crippen LogP contribution >= 0.6 is 11.3 Å². The van der Waals surface area contributed by atoms with Crippen LogP contribution < -0.4 is 14.8 Å². The van der Waals surface area contributed by atoms with Gasteiger partial charge in [0.05, 0.1) is 5.39 Å². The number of rotatable bonds is 5. The van der Waals surface area contributed by atoms with Crippen LogP contribution in [0.3, 0.4) is 0 Å². The molecule has 0 fully saturated rings. The number of nitrogens with one attached hydrogen (secondary N) is 1. The van der Waals surface area contributed by atoms with Crippen molar-refractivity contribution in [3.63, 3.8) is 0 Å². The molecule has 0 amide bonds. The van der Waals surface area contributed by atoms with Gasteiger partial charge in [-0.15, -0.1) is 11.3 Å². The van der Waals surface area contributed by atoms with E-state index in [1.165, 1.54) is 16.0 Å². The van der Waals surface area contributed by atoms with E-state index in [1.54, 1.807) is 11.3 Å². The molecule has 5 nitrogen and oxygen atoms in total. The summed E-state index contributed by atoms with van der Waals surface area (Å²) in [6, 6.07) is 16.4. The van der Waals surface area contributed by atoms with Crippen LogP contribution in [0.2, 0.25) is 0 Å². The molecule has 1 N–H and O–H groups in total. The molecule has 0 unspecified atom stereocenters. The van der Waals surface area contributed by atoms with Crippen molar-refractivity contribution in [1.82, 2.24) is 9.97 Å². The van der Waals surface area contributed by atoms with E-state index >= 15 is 0 Å². The minimum absolute atomic E-state index is 0.287. The highest BCUT2D eigenvalue weighted by atomic mass is 32.1. The third-order valence-electron chi connectivity index (χ3n) is 5.18. The summed E-state index contributed by atoms with van der Waals surface area (Å²) in [4.78, 5) is 12.0. The van der Waals surface area contributed by atoms with E-state index in [-0.39, 0.29) is 6.79 Å². The maximum absolute atomic E-state index is 5.50. The Kier molecular flexibility index (Phi) is 4.56. The average Bonchev–Trinajstić information content (AvgIpc) is 3.31. The molecule has 0 bridgehead atoms. The fraction of sp³-hybridized carbons (Fsp3) is 0.217. The molecule has 4 aromatic rings. The Bertz CT molecular complexity index is 1190. The Morgan fingerprint density at radius 3 is 2.66 bits per heavy atom. The summed E-state index contributed by atoms with van der Waals surface area (Å²) < 4.78 is 10.9. The molecule has 2 aromatic heterocycles. The van der Waals surface area contributed by atoms with Gasteiger partial charge in [-0.2, -0.15) is 0 Å². The van der Waals surface area contributed by atoms with E-state index in [0.717, 1.165) is 38.9 Å². The van der Waals surface area contributed by atoms with Gasteiger partial charge >= 0.3 is 0 Å². The summed E-state index contributed by atoms with van der Waals surface area (Å²) in [5.41, 5.74) is 3.57. The first-order valence-corrected chi connectivity index (χ1v) is 10.4. The highest BCUT2D eigenvalue weighted by Crippen LogP contribution is 2.35. The molecule has 0 saturated heterocycles. The molecule has 0 radical (unpaired) electrons. The molecule has 0 aliphatic carbocycles. The van der Waals surface area contributed by atoms with Gasteiger partial charge in [0, 0.05) is 17.8 Å². The Labute approximate surface area is 173 Å². The molecule has 1 aliphatic rings. The predicted octanol–water partition coefficient (Wildman–Crippen LogP) is 5.24. The third kappa shape index (κ3) is 3.51. The van der Waals surface area contributed by atoms with Crippen LogP contribution in [0, 0.1) is 13.8 Å². The van der Waals surface area contributed by atoms with Crippen molar-refractivity contribution >= 4 is 27.4 Å². The van der Waals surface area contributed by atoms with E-state index in [1.807, 2.05) is 30.3 Å². The number of nitrogens with zero attached hydrogens (tertiary/aromatic N) is 2. The van der Waals surface area contributed by atoms with Gasteiger partial charge in [-0.05, 0) is 42.7 Å². The molecule has 6 heteroatoms. The van der Waals surface area contributed by atoms with E-state index in [4.69, 9.17) is 19.4 Å². The molecule has 5 rings (SSSR count). The van der Waals surface area contributed by atoms with Crippen molar-refractivity contribution in [2.24, 2.45) is 0 Å². The lowest BCUT2D eigenvalue weighted by atomic mass is 10.1. The highest BCUT2D eigenvalue weighted by molar-refractivity contribution is 7.18. The standard InChI is InChI=1S/C23H21N3O2S/c1-14-15(2)29-23-21(14)22(25-20(26-23)11-16-6-4-3-5-7-16)24-12-17-8-9-18-19(10-17)28-13-27-18/h3-10H,11-13H2,1-2H3,(H,24,25,26). The van der Waals surface area contributed by atoms with Crippen LogP contribution in [0.4, 0.5) is 5.82 Å². The topological polar surface area (TPSA) is 56.3 Å². The van der Waals surface area contributed by atoms with Crippen LogP contribution in [0.25, 0.3) is 10.2 Å². The molecule has 0 atom stereocenters. The molecule has 146 valence electrons. The molecule has 0 spiro atoms. The van der Waals surface area contributed by atoms with Gasteiger partial charge in [0.15, 0.2) is 11.5 Å². The van der Waals surface area contributed by atoms with Crippen molar-refractivity contribution in [3.8, 4) is 11.5 Å². The van der Waals surface area contributed by atoms with Gasteiger partial charge in [0.25, 0.3) is 0 Å². The van der Waals surface area contributed by atoms with Crippen LogP contribution in [0.5, 0.6) is 11.5 Å². The summed E-state index contributed by atoms with van der Waals surface area (Å²) >= 11 is 1.73. The van der Waals surface area contributed by atoms with E-state index in [2.05, 4.69) is 37.4 Å². The van der Waals surface area contributed by atoms with Gasteiger partial charge in [-0.3, -0.25) is 0 Å². The minimum atomic E-state index is 0.287. The van der Waals surface area contributed by atoms with Crippen molar-refractivity contribution in [3.05, 3.63) is 75.9 Å². The second-order valence-electron chi connectivity index (χ2n) is 7.16. The van der Waals surface area contributed by atoms with Gasteiger partial charge in [-0.1, -0.05) is 36.4 Å². The Hall–Kier alpha value is -3.12. The number of aromatic nitrogens is 2. The predicted molar refractivity (Wildman–Crippen MR) is 116 cm³/mol. The lowest BCUT2D eigenvalue weighted by molar-refractivity contribution is 0.174. The number of ether oxygens (including phenoxy) is 2. The first-order valence-electron chi connectivity index (χ1n) is 9.60. The highest BCUT2D eigenvalue weighted by Gasteiger charge is 2.16. The van der Waals surface area contributed by atoms with Crippen molar-refractivity contribution < 1.29 is 9.47 Å². The fourth-order valence-corrected chi connectivity index (χ4v) is 4.56. The van der Waals surface area contributed by atoms with Crippen molar-refractivity contribution in [2.75, 3.05) is 12.1 Å². The zero-order valence-corrected chi connectivity index (χ0v) is 17.2. The van der Waals surface area contributed by atoms with Gasteiger partial charge < -0.3 is 14.8 Å². The summed E-state index contributed by atoms with van der Waals surface area (Å²) in [6.45, 7) is 5.22. The smallest absolute Gasteiger partial charge is 0.231 e. The molecule has 2 aromatic carbocycles. The third-order valence-corrected chi connectivity index (χ3v) is 6.28. The number of aryl methyl sites for hydroxylation is 2. The summed E-state index contributed by atoms with van der Waals surface area (Å²) in [6.07, 6.45) is 0.714. The van der Waals surface area contributed by atoms with Gasteiger partial charge in [0.2, 0.25) is 6.79 Å². The number of anilines is 1. The summed E-state index contributed by atoms with van der Waals surface area (Å²) in [5.74, 6) is 3.32. The summed E-state index contributed by atoms with van der Waals surface area (Å²) in [5, 5.41) is 4.65. The van der Waals surface area contributed by atoms with E-state index in [0.29, 0.717) is 13.0 Å². The number of hydrogen-bond donors (Lipinski definition) is 1. The molecule has 3 heterocycles. The zero-order valence-electron chi connectivity index (χ0n) is 16.4. The Balaban J connectivity index is 1.47. The largest absolute Gasteiger partial charge is 0.454 e. The van der Waals surface area contributed by atoms with Crippen LogP contribution in [-0.4, -0.2) is 16.8 Å². The number of fused-ring (bicyclic) bond motifs is 2. The van der Waals surface area contributed by atoms with Crippen molar-refractivity contribution in [1.29, 1.82) is 0 Å². The first kappa shape index (κ1) is 17.9. The zero-order chi connectivity index (χ0) is 19.8. The van der Waals surface area contributed by atoms with E-state index in [9.17, 15) is 0 Å². The Morgan fingerprint density at radius 1 is 0.966 bits per heavy atom. The molecule has 0 saturated carbocycles. The second-order valence-corrected chi connectivity index (χ2v) is 8.36. The van der Waals surface area contributed by atoms with Crippen molar-refractivity contribution in [2.45, 2.75) is 26.8 Å². The molecule has 1 aliphatic heterocycles. The Morgan fingerprint density at radius 2 is 1.79 bits per heavy atom. The normalized spacial score (nSPS) is 12.5. The molecular formula is C23H21N3O2S. The fourth-order valence-electron chi connectivity index (χ4n) is 3.52. The monoisotopic (exact) mass is 403 g/mol. The van der Waals surface area contributed by atoms with Gasteiger partial charge in [0.1, 0.15) is 16.5 Å². The number of thiophene rings is 1. The number of hydrogen-bond acceptors (Lipinski definition) is 6. The lowest BCUT2D eigenvalue weighted by Crippen LogP contribution is -2.06. The SMILES string of the molecule is Cc1sc2nc(Cc3ccccc3)nc(NCc3ccc4c(c3)OCO4)c2c1C. The molecule has 29 heavy (non-hydrogen) atoms. The van der Waals surface area contributed by atoms with Crippen LogP contribution in [0.15, 0.2) is 48.5 Å². The van der Waals surface area contributed by atoms with Gasteiger partial charge in [-0.25, -0.2) is 9.97 Å². The number of benzene rings is 2. The minimum Gasteiger partial charge on any atom is -0.454 e.